The molecule has 0 radical (unpaired) electrons. The number of unbranched alkanes of at least 4 members (excludes halogenated alkanes) is 2. The Hall–Kier alpha value is -1.03. The Kier molecular flexibility index (Phi) is 6.80. The van der Waals surface area contributed by atoms with Crippen LogP contribution in [0.1, 0.15) is 29.6 Å². The van der Waals surface area contributed by atoms with Crippen LogP contribution < -0.4 is 10.2 Å². The third-order valence-corrected chi connectivity index (χ3v) is 3.28. The Morgan fingerprint density at radius 3 is 2.72 bits per heavy atom. The number of anilines is 1. The number of nitrogens with one attached hydrogen (secondary N) is 1. The van der Waals surface area contributed by atoms with Gasteiger partial charge in [-0.2, -0.15) is 0 Å². The zero-order valence-electron chi connectivity index (χ0n) is 11.1. The van der Waals surface area contributed by atoms with E-state index in [1.807, 2.05) is 43.3 Å². The molecule has 0 aliphatic carbocycles. The summed E-state index contributed by atoms with van der Waals surface area (Å²) < 4.78 is 0. The van der Waals surface area contributed by atoms with Crippen LogP contribution in [0.15, 0.2) is 24.3 Å². The molecule has 0 aliphatic heterocycles. The monoisotopic (exact) mass is 312 g/mol. The summed E-state index contributed by atoms with van der Waals surface area (Å²) in [5.74, 6) is 0.0116. The third kappa shape index (κ3) is 5.08. The number of amides is 1. The molecule has 0 bridgehead atoms. The molecule has 1 rings (SSSR count). The summed E-state index contributed by atoms with van der Waals surface area (Å²) in [5.41, 5.74) is 1.77. The second-order valence-corrected chi connectivity index (χ2v) is 5.24. The molecular formula is C14H21BrN2O. The minimum atomic E-state index is 0.0116. The van der Waals surface area contributed by atoms with E-state index >= 15 is 0 Å². The van der Waals surface area contributed by atoms with Crippen molar-refractivity contribution in [1.82, 2.24) is 5.32 Å². The molecule has 1 aromatic rings. The zero-order chi connectivity index (χ0) is 13.4. The fourth-order valence-corrected chi connectivity index (χ4v) is 2.02. The topological polar surface area (TPSA) is 32.3 Å². The van der Waals surface area contributed by atoms with Gasteiger partial charge in [-0.15, -0.1) is 0 Å². The lowest BCUT2D eigenvalue weighted by molar-refractivity contribution is 0.0953. The molecule has 0 heterocycles. The quantitative estimate of drug-likeness (QED) is 0.620. The van der Waals surface area contributed by atoms with Crippen LogP contribution in [0.3, 0.4) is 0 Å². The van der Waals surface area contributed by atoms with Crippen molar-refractivity contribution in [3.05, 3.63) is 29.8 Å². The van der Waals surface area contributed by atoms with Gasteiger partial charge in [-0.05, 0) is 31.0 Å². The van der Waals surface area contributed by atoms with Gasteiger partial charge < -0.3 is 10.2 Å². The molecule has 0 saturated heterocycles. The van der Waals surface area contributed by atoms with Gasteiger partial charge in [-0.1, -0.05) is 28.4 Å². The van der Waals surface area contributed by atoms with Crippen molar-refractivity contribution >= 4 is 27.5 Å². The highest BCUT2D eigenvalue weighted by Crippen LogP contribution is 2.13. The number of carbonyl (C=O) groups excluding carboxylic acids is 1. The first-order chi connectivity index (χ1) is 8.65. The van der Waals surface area contributed by atoms with Crippen molar-refractivity contribution in [2.24, 2.45) is 0 Å². The Balaban J connectivity index is 2.44. The summed E-state index contributed by atoms with van der Waals surface area (Å²) in [4.78, 5) is 13.9. The molecule has 4 heteroatoms. The Labute approximate surface area is 118 Å². The molecule has 0 aliphatic rings. The lowest BCUT2D eigenvalue weighted by Gasteiger charge is -2.13. The van der Waals surface area contributed by atoms with Crippen LogP contribution in [0.5, 0.6) is 0 Å². The van der Waals surface area contributed by atoms with Gasteiger partial charge in [0.15, 0.2) is 0 Å². The number of benzene rings is 1. The summed E-state index contributed by atoms with van der Waals surface area (Å²) in [6, 6.07) is 7.66. The van der Waals surface area contributed by atoms with Crippen LogP contribution in [0.4, 0.5) is 5.69 Å². The number of rotatable bonds is 7. The molecule has 18 heavy (non-hydrogen) atoms. The predicted molar refractivity (Wildman–Crippen MR) is 80.7 cm³/mol. The summed E-state index contributed by atoms with van der Waals surface area (Å²) in [6.07, 6.45) is 3.33. The van der Waals surface area contributed by atoms with Crippen molar-refractivity contribution in [3.8, 4) is 0 Å². The van der Waals surface area contributed by atoms with Crippen LogP contribution in [0, 0.1) is 0 Å². The van der Waals surface area contributed by atoms with Crippen LogP contribution >= 0.6 is 15.9 Å². The van der Waals surface area contributed by atoms with Crippen molar-refractivity contribution in [3.63, 3.8) is 0 Å². The maximum absolute atomic E-state index is 11.9. The molecule has 0 unspecified atom stereocenters. The molecule has 1 aromatic carbocycles. The van der Waals surface area contributed by atoms with E-state index in [1.54, 1.807) is 0 Å². The molecule has 0 atom stereocenters. The third-order valence-electron chi connectivity index (χ3n) is 2.72. The highest BCUT2D eigenvalue weighted by molar-refractivity contribution is 9.09. The van der Waals surface area contributed by atoms with Crippen molar-refractivity contribution < 1.29 is 4.79 Å². The Bertz CT molecular complexity index is 380. The van der Waals surface area contributed by atoms with E-state index in [0.29, 0.717) is 0 Å². The number of nitrogens with zero attached hydrogens (tertiary/aromatic N) is 1. The summed E-state index contributed by atoms with van der Waals surface area (Å²) in [6.45, 7) is 0.748. The SMILES string of the molecule is CN(C)c1cccc(C(=O)NCCCCCBr)c1. The standard InChI is InChI=1S/C14H21BrN2O/c1-17(2)13-8-6-7-12(11-13)14(18)16-10-5-3-4-9-15/h6-8,11H,3-5,9-10H2,1-2H3,(H,16,18). The summed E-state index contributed by atoms with van der Waals surface area (Å²) in [5, 5.41) is 3.98. The Morgan fingerprint density at radius 2 is 2.06 bits per heavy atom. The van der Waals surface area contributed by atoms with E-state index in [0.717, 1.165) is 42.4 Å². The van der Waals surface area contributed by atoms with E-state index in [-0.39, 0.29) is 5.91 Å². The molecule has 1 amide bonds. The maximum Gasteiger partial charge on any atom is 0.251 e. The molecule has 100 valence electrons. The van der Waals surface area contributed by atoms with Crippen molar-refractivity contribution in [2.45, 2.75) is 19.3 Å². The van der Waals surface area contributed by atoms with Gasteiger partial charge in [0.25, 0.3) is 5.91 Å². The van der Waals surface area contributed by atoms with Crippen LogP contribution in [-0.4, -0.2) is 31.9 Å². The van der Waals surface area contributed by atoms with Gasteiger partial charge in [0.2, 0.25) is 0 Å². The van der Waals surface area contributed by atoms with Gasteiger partial charge >= 0.3 is 0 Å². The highest BCUT2D eigenvalue weighted by Gasteiger charge is 2.05. The second-order valence-electron chi connectivity index (χ2n) is 4.45. The molecule has 0 saturated carbocycles. The van der Waals surface area contributed by atoms with Gasteiger partial charge in [-0.3, -0.25) is 4.79 Å². The lowest BCUT2D eigenvalue weighted by atomic mass is 10.1. The molecule has 0 aromatic heterocycles. The smallest absolute Gasteiger partial charge is 0.251 e. The van der Waals surface area contributed by atoms with Gasteiger partial charge in [0, 0.05) is 37.2 Å². The first-order valence-electron chi connectivity index (χ1n) is 6.26. The highest BCUT2D eigenvalue weighted by atomic mass is 79.9. The zero-order valence-corrected chi connectivity index (χ0v) is 12.7. The van der Waals surface area contributed by atoms with Crippen molar-refractivity contribution in [1.29, 1.82) is 0 Å². The first kappa shape index (κ1) is 15.0. The van der Waals surface area contributed by atoms with Crippen LogP contribution in [0.2, 0.25) is 0 Å². The molecule has 0 spiro atoms. The molecular weight excluding hydrogens is 292 g/mol. The summed E-state index contributed by atoms with van der Waals surface area (Å²) in [7, 11) is 3.94. The fraction of sp³-hybridized carbons (Fsp3) is 0.500. The average molecular weight is 313 g/mol. The number of alkyl halides is 1. The second kappa shape index (κ2) is 8.14. The van der Waals surface area contributed by atoms with E-state index in [9.17, 15) is 4.79 Å². The number of hydrogen-bond acceptors (Lipinski definition) is 2. The largest absolute Gasteiger partial charge is 0.378 e. The Morgan fingerprint density at radius 1 is 1.28 bits per heavy atom. The normalized spacial score (nSPS) is 10.2. The van der Waals surface area contributed by atoms with E-state index in [4.69, 9.17) is 0 Å². The molecule has 0 fully saturated rings. The molecule has 1 N–H and O–H groups in total. The van der Waals surface area contributed by atoms with E-state index in [2.05, 4.69) is 21.2 Å². The predicted octanol–water partition coefficient (Wildman–Crippen LogP) is 3.05. The van der Waals surface area contributed by atoms with Crippen molar-refractivity contribution in [2.75, 3.05) is 30.9 Å². The summed E-state index contributed by atoms with van der Waals surface area (Å²) >= 11 is 3.40. The maximum atomic E-state index is 11.9. The van der Waals surface area contributed by atoms with Crippen LogP contribution in [-0.2, 0) is 0 Å². The fourth-order valence-electron chi connectivity index (χ4n) is 1.63. The van der Waals surface area contributed by atoms with Gasteiger partial charge in [0.05, 0.1) is 0 Å². The molecule has 3 nitrogen and oxygen atoms in total. The minimum absolute atomic E-state index is 0.0116. The first-order valence-corrected chi connectivity index (χ1v) is 7.39. The minimum Gasteiger partial charge on any atom is -0.378 e. The average Bonchev–Trinajstić information content (AvgIpc) is 2.38. The number of carbonyl (C=O) groups is 1. The lowest BCUT2D eigenvalue weighted by Crippen LogP contribution is -2.24. The van der Waals surface area contributed by atoms with Gasteiger partial charge in [0.1, 0.15) is 0 Å². The van der Waals surface area contributed by atoms with Crippen LogP contribution in [0.25, 0.3) is 0 Å². The van der Waals surface area contributed by atoms with Gasteiger partial charge in [-0.25, -0.2) is 0 Å². The number of halogens is 1. The van der Waals surface area contributed by atoms with E-state index in [1.165, 1.54) is 0 Å². The number of hydrogen-bond donors (Lipinski definition) is 1. The van der Waals surface area contributed by atoms with E-state index < -0.39 is 0 Å².